The summed E-state index contributed by atoms with van der Waals surface area (Å²) < 4.78 is 10.6. The smallest absolute Gasteiger partial charge is 0.231 e. The Morgan fingerprint density at radius 1 is 1.19 bits per heavy atom. The minimum absolute atomic E-state index is 0.0244. The first-order valence-corrected chi connectivity index (χ1v) is 8.54. The Bertz CT molecular complexity index is 852. The number of fused-ring (bicyclic) bond motifs is 1. The van der Waals surface area contributed by atoms with E-state index in [9.17, 15) is 4.79 Å². The lowest BCUT2D eigenvalue weighted by Gasteiger charge is -2.32. The summed E-state index contributed by atoms with van der Waals surface area (Å²) in [5.74, 6) is 2.20. The van der Waals surface area contributed by atoms with Crippen molar-refractivity contribution in [3.63, 3.8) is 0 Å². The van der Waals surface area contributed by atoms with Gasteiger partial charge in [0.05, 0.1) is 5.56 Å². The van der Waals surface area contributed by atoms with Gasteiger partial charge in [-0.1, -0.05) is 0 Å². The van der Waals surface area contributed by atoms with Gasteiger partial charge >= 0.3 is 0 Å². The lowest BCUT2D eigenvalue weighted by Crippen LogP contribution is -2.38. The van der Waals surface area contributed by atoms with E-state index in [4.69, 9.17) is 14.7 Å². The molecule has 0 unspecified atom stereocenters. The number of nitriles is 1. The summed E-state index contributed by atoms with van der Waals surface area (Å²) in [6.07, 6.45) is 3.10. The van der Waals surface area contributed by atoms with Crippen LogP contribution < -0.4 is 19.7 Å². The number of rotatable bonds is 3. The first kappa shape index (κ1) is 16.2. The third-order valence-corrected chi connectivity index (χ3v) is 4.71. The van der Waals surface area contributed by atoms with Crippen molar-refractivity contribution in [2.75, 3.05) is 30.1 Å². The van der Waals surface area contributed by atoms with Gasteiger partial charge < -0.3 is 19.7 Å². The van der Waals surface area contributed by atoms with E-state index in [1.807, 2.05) is 12.1 Å². The molecule has 4 rings (SSSR count). The maximum Gasteiger partial charge on any atom is 0.231 e. The van der Waals surface area contributed by atoms with Crippen LogP contribution in [-0.4, -0.2) is 30.8 Å². The van der Waals surface area contributed by atoms with Gasteiger partial charge in [-0.05, 0) is 37.1 Å². The Balaban J connectivity index is 1.34. The predicted molar refractivity (Wildman–Crippen MR) is 95.1 cm³/mol. The van der Waals surface area contributed by atoms with Crippen molar-refractivity contribution in [1.29, 1.82) is 5.26 Å². The predicted octanol–water partition coefficient (Wildman–Crippen LogP) is 2.54. The van der Waals surface area contributed by atoms with Gasteiger partial charge in [0.25, 0.3) is 0 Å². The highest BCUT2D eigenvalue weighted by molar-refractivity contribution is 5.93. The maximum atomic E-state index is 12.5. The summed E-state index contributed by atoms with van der Waals surface area (Å²) in [7, 11) is 0. The van der Waals surface area contributed by atoms with Gasteiger partial charge in [0, 0.05) is 37.0 Å². The highest BCUT2D eigenvalue weighted by Gasteiger charge is 2.26. The Kier molecular flexibility index (Phi) is 4.32. The van der Waals surface area contributed by atoms with Crippen LogP contribution in [0.4, 0.5) is 11.5 Å². The van der Waals surface area contributed by atoms with E-state index in [-0.39, 0.29) is 18.6 Å². The van der Waals surface area contributed by atoms with Crippen molar-refractivity contribution in [3.05, 3.63) is 42.1 Å². The van der Waals surface area contributed by atoms with Crippen molar-refractivity contribution >= 4 is 17.4 Å². The highest BCUT2D eigenvalue weighted by atomic mass is 16.7. The first-order valence-electron chi connectivity index (χ1n) is 8.54. The van der Waals surface area contributed by atoms with Crippen LogP contribution in [0.1, 0.15) is 18.4 Å². The molecule has 0 aliphatic carbocycles. The molecule has 2 aromatic rings. The average molecular weight is 350 g/mol. The van der Waals surface area contributed by atoms with E-state index >= 15 is 0 Å². The lowest BCUT2D eigenvalue weighted by molar-refractivity contribution is -0.120. The van der Waals surface area contributed by atoms with Crippen LogP contribution >= 0.6 is 0 Å². The maximum absolute atomic E-state index is 12.5. The zero-order valence-corrected chi connectivity index (χ0v) is 14.1. The summed E-state index contributed by atoms with van der Waals surface area (Å²) in [4.78, 5) is 19.0. The standard InChI is InChI=1S/C19H18N4O3/c20-10-13-1-4-18(21-11-13)23-7-5-14(6-8-23)19(24)22-15-2-3-16-17(9-15)26-12-25-16/h1-4,9,11,14H,5-8,12H2,(H,22,24). The Morgan fingerprint density at radius 3 is 2.73 bits per heavy atom. The van der Waals surface area contributed by atoms with E-state index in [2.05, 4.69) is 21.3 Å². The molecule has 0 saturated carbocycles. The summed E-state index contributed by atoms with van der Waals surface area (Å²) >= 11 is 0. The number of anilines is 2. The van der Waals surface area contributed by atoms with E-state index in [0.29, 0.717) is 17.1 Å². The number of hydrogen-bond acceptors (Lipinski definition) is 6. The minimum Gasteiger partial charge on any atom is -0.454 e. The van der Waals surface area contributed by atoms with Gasteiger partial charge in [-0.3, -0.25) is 4.79 Å². The molecule has 7 nitrogen and oxygen atoms in total. The number of pyridine rings is 1. The number of piperidine rings is 1. The number of benzene rings is 1. The number of ether oxygens (including phenoxy) is 2. The van der Waals surface area contributed by atoms with Crippen LogP contribution in [0.15, 0.2) is 36.5 Å². The van der Waals surface area contributed by atoms with Gasteiger partial charge in [0.15, 0.2) is 11.5 Å². The molecule has 0 radical (unpaired) electrons. The third-order valence-electron chi connectivity index (χ3n) is 4.71. The molecule has 3 heterocycles. The number of aromatic nitrogens is 1. The molecule has 132 valence electrons. The summed E-state index contributed by atoms with van der Waals surface area (Å²) in [5.41, 5.74) is 1.27. The van der Waals surface area contributed by atoms with Gasteiger partial charge in [-0.2, -0.15) is 5.26 Å². The molecular formula is C19H18N4O3. The van der Waals surface area contributed by atoms with Crippen molar-refractivity contribution in [2.45, 2.75) is 12.8 Å². The topological polar surface area (TPSA) is 87.5 Å². The number of nitrogens with one attached hydrogen (secondary N) is 1. The molecule has 0 spiro atoms. The molecule has 2 aliphatic heterocycles. The zero-order valence-electron chi connectivity index (χ0n) is 14.1. The fraction of sp³-hybridized carbons (Fsp3) is 0.316. The lowest BCUT2D eigenvalue weighted by atomic mass is 9.95. The van der Waals surface area contributed by atoms with Crippen molar-refractivity contribution < 1.29 is 14.3 Å². The van der Waals surface area contributed by atoms with E-state index < -0.39 is 0 Å². The van der Waals surface area contributed by atoms with Crippen LogP contribution in [0.3, 0.4) is 0 Å². The molecule has 1 fully saturated rings. The molecule has 0 atom stereocenters. The molecule has 1 saturated heterocycles. The SMILES string of the molecule is N#Cc1ccc(N2CCC(C(=O)Nc3ccc4c(c3)OCO4)CC2)nc1. The number of hydrogen-bond donors (Lipinski definition) is 1. The molecular weight excluding hydrogens is 332 g/mol. The highest BCUT2D eigenvalue weighted by Crippen LogP contribution is 2.34. The quantitative estimate of drug-likeness (QED) is 0.915. The second-order valence-electron chi connectivity index (χ2n) is 6.34. The number of amides is 1. The van der Waals surface area contributed by atoms with Gasteiger partial charge in [-0.15, -0.1) is 0 Å². The van der Waals surface area contributed by atoms with Crippen molar-refractivity contribution in [1.82, 2.24) is 4.98 Å². The van der Waals surface area contributed by atoms with Crippen LogP contribution in [0.5, 0.6) is 11.5 Å². The van der Waals surface area contributed by atoms with E-state index in [1.54, 1.807) is 24.4 Å². The van der Waals surface area contributed by atoms with E-state index in [0.717, 1.165) is 37.4 Å². The molecule has 1 amide bonds. The summed E-state index contributed by atoms with van der Waals surface area (Å²) in [6.45, 7) is 1.74. The van der Waals surface area contributed by atoms with Gasteiger partial charge in [0.2, 0.25) is 12.7 Å². The Hall–Kier alpha value is -3.27. The van der Waals surface area contributed by atoms with Crippen molar-refractivity contribution in [2.24, 2.45) is 5.92 Å². The normalized spacial score (nSPS) is 16.2. The second-order valence-corrected chi connectivity index (χ2v) is 6.34. The number of nitrogens with zero attached hydrogens (tertiary/aromatic N) is 3. The fourth-order valence-corrected chi connectivity index (χ4v) is 3.23. The molecule has 2 aliphatic rings. The zero-order chi connectivity index (χ0) is 17.9. The molecule has 1 aromatic heterocycles. The van der Waals surface area contributed by atoms with Crippen molar-refractivity contribution in [3.8, 4) is 17.6 Å². The third kappa shape index (κ3) is 3.26. The number of carbonyl (C=O) groups is 1. The molecule has 1 N–H and O–H groups in total. The van der Waals surface area contributed by atoms with Crippen LogP contribution in [0.2, 0.25) is 0 Å². The Labute approximate surface area is 151 Å². The number of carbonyl (C=O) groups excluding carboxylic acids is 1. The summed E-state index contributed by atoms with van der Waals surface area (Å²) in [5, 5.41) is 11.8. The fourth-order valence-electron chi connectivity index (χ4n) is 3.23. The van der Waals surface area contributed by atoms with Gasteiger partial charge in [0.1, 0.15) is 11.9 Å². The van der Waals surface area contributed by atoms with Crippen LogP contribution in [0, 0.1) is 17.2 Å². The Morgan fingerprint density at radius 2 is 2.00 bits per heavy atom. The molecule has 0 bridgehead atoms. The van der Waals surface area contributed by atoms with Crippen LogP contribution in [0.25, 0.3) is 0 Å². The summed E-state index contributed by atoms with van der Waals surface area (Å²) in [6, 6.07) is 11.1. The average Bonchev–Trinajstić information content (AvgIpc) is 3.16. The second kappa shape index (κ2) is 6.92. The van der Waals surface area contributed by atoms with Gasteiger partial charge in [-0.25, -0.2) is 4.98 Å². The molecule has 1 aromatic carbocycles. The largest absolute Gasteiger partial charge is 0.454 e. The molecule has 26 heavy (non-hydrogen) atoms. The monoisotopic (exact) mass is 350 g/mol. The molecule has 7 heteroatoms. The first-order chi connectivity index (χ1) is 12.7. The van der Waals surface area contributed by atoms with Crippen LogP contribution in [-0.2, 0) is 4.79 Å². The minimum atomic E-state index is -0.0324. The van der Waals surface area contributed by atoms with E-state index in [1.165, 1.54) is 0 Å².